The van der Waals surface area contributed by atoms with Crippen molar-refractivity contribution in [3.05, 3.63) is 34.9 Å². The molecule has 0 radical (unpaired) electrons. The summed E-state index contributed by atoms with van der Waals surface area (Å²) < 4.78 is 39.4. The summed E-state index contributed by atoms with van der Waals surface area (Å²) in [5, 5.41) is 11.5. The Kier molecular flexibility index (Phi) is 8.77. The molecule has 35 heavy (non-hydrogen) atoms. The third kappa shape index (κ3) is 6.87. The number of carbonyl (C=O) groups is 2. The SMILES string of the molecule is C=CCOC(=O)N[C@@H](CCCN=C(N)NS(=O)(=O)c1c(C)c(C)c2c(c1C)CC(C)(C)O2)C(=O)O. The third-order valence-electron chi connectivity index (χ3n) is 5.66. The lowest BCUT2D eigenvalue weighted by atomic mass is 9.94. The number of rotatable bonds is 10. The molecule has 0 unspecified atom stereocenters. The minimum atomic E-state index is -4.03. The summed E-state index contributed by atoms with van der Waals surface area (Å²) in [5.74, 6) is -0.826. The van der Waals surface area contributed by atoms with Crippen LogP contribution in [0.25, 0.3) is 0 Å². The number of ether oxygens (including phenoxy) is 2. The number of hydrogen-bond donors (Lipinski definition) is 4. The largest absolute Gasteiger partial charge is 0.487 e. The zero-order chi connectivity index (χ0) is 26.6. The van der Waals surface area contributed by atoms with Gasteiger partial charge in [0.1, 0.15) is 24.0 Å². The molecule has 1 aliphatic rings. The Balaban J connectivity index is 2.08. The number of sulfonamides is 1. The van der Waals surface area contributed by atoms with Crippen molar-refractivity contribution in [2.24, 2.45) is 10.7 Å². The molecule has 194 valence electrons. The van der Waals surface area contributed by atoms with Crippen LogP contribution in [-0.2, 0) is 26.0 Å². The monoisotopic (exact) mass is 510 g/mol. The molecule has 0 saturated heterocycles. The van der Waals surface area contributed by atoms with E-state index in [9.17, 15) is 23.1 Å². The smallest absolute Gasteiger partial charge is 0.408 e. The minimum Gasteiger partial charge on any atom is -0.487 e. The number of aliphatic carboxylic acids is 1. The van der Waals surface area contributed by atoms with Crippen molar-refractivity contribution >= 4 is 28.0 Å². The highest BCUT2D eigenvalue weighted by atomic mass is 32.2. The maximum Gasteiger partial charge on any atom is 0.408 e. The molecule has 1 amide bonds. The van der Waals surface area contributed by atoms with Gasteiger partial charge in [0, 0.05) is 18.5 Å². The summed E-state index contributed by atoms with van der Waals surface area (Å²) in [6.07, 6.45) is 1.33. The number of carbonyl (C=O) groups excluding carboxylic acids is 1. The Morgan fingerprint density at radius 2 is 1.94 bits per heavy atom. The van der Waals surface area contributed by atoms with Gasteiger partial charge in [-0.2, -0.15) is 0 Å². The second-order valence-electron chi connectivity index (χ2n) is 8.99. The van der Waals surface area contributed by atoms with Crippen molar-refractivity contribution in [2.75, 3.05) is 13.2 Å². The molecule has 11 nitrogen and oxygen atoms in total. The summed E-state index contributed by atoms with van der Waals surface area (Å²) in [6.45, 7) is 12.6. The van der Waals surface area contributed by atoms with Gasteiger partial charge in [0.05, 0.1) is 4.90 Å². The number of alkyl carbamates (subject to hydrolysis) is 1. The molecule has 0 bridgehead atoms. The zero-order valence-corrected chi connectivity index (χ0v) is 21.5. The van der Waals surface area contributed by atoms with Gasteiger partial charge < -0.3 is 25.6 Å². The first kappa shape index (κ1) is 28.0. The maximum atomic E-state index is 13.2. The fraction of sp³-hybridized carbons (Fsp3) is 0.522. The van der Waals surface area contributed by atoms with E-state index in [-0.39, 0.29) is 36.8 Å². The first-order valence-electron chi connectivity index (χ1n) is 11.1. The summed E-state index contributed by atoms with van der Waals surface area (Å²) in [6, 6.07) is -1.19. The van der Waals surface area contributed by atoms with E-state index in [1.54, 1.807) is 13.8 Å². The standard InChI is InChI=1S/C23H34N4O7S/c1-7-11-33-22(30)26-17(20(28)29)9-8-10-25-21(24)27-35(31,32)19-14(3)13(2)18-16(15(19)4)12-23(5,6)34-18/h7,17H,1,8-12H2,2-6H3,(H,26,30)(H,28,29)(H3,24,25,27)/t17-/m0/s1. The van der Waals surface area contributed by atoms with Crippen LogP contribution < -0.4 is 20.5 Å². The molecule has 12 heteroatoms. The van der Waals surface area contributed by atoms with Gasteiger partial charge >= 0.3 is 12.1 Å². The van der Waals surface area contributed by atoms with Crippen molar-refractivity contribution in [1.29, 1.82) is 0 Å². The van der Waals surface area contributed by atoms with E-state index < -0.39 is 33.7 Å². The molecule has 5 N–H and O–H groups in total. The van der Waals surface area contributed by atoms with Crippen LogP contribution in [0.3, 0.4) is 0 Å². The number of carboxylic acid groups (broad SMARTS) is 1. The average Bonchev–Trinajstić information content (AvgIpc) is 3.08. The van der Waals surface area contributed by atoms with Gasteiger partial charge in [0.15, 0.2) is 0 Å². The van der Waals surface area contributed by atoms with E-state index in [4.69, 9.17) is 15.2 Å². The fourth-order valence-electron chi connectivity index (χ4n) is 3.94. The second kappa shape index (κ2) is 11.0. The van der Waals surface area contributed by atoms with Crippen molar-refractivity contribution < 1.29 is 32.6 Å². The van der Waals surface area contributed by atoms with E-state index in [2.05, 4.69) is 21.6 Å². The van der Waals surface area contributed by atoms with Gasteiger partial charge in [-0.3, -0.25) is 4.99 Å². The summed E-state index contributed by atoms with van der Waals surface area (Å²) in [5.41, 5.74) is 8.18. The number of amides is 1. The predicted octanol–water partition coefficient (Wildman–Crippen LogP) is 2.06. The Morgan fingerprint density at radius 1 is 1.29 bits per heavy atom. The normalized spacial score (nSPS) is 15.5. The number of guanidine groups is 1. The highest BCUT2D eigenvalue weighted by Gasteiger charge is 2.36. The molecule has 1 atom stereocenters. The van der Waals surface area contributed by atoms with Gasteiger partial charge in [-0.15, -0.1) is 0 Å². The number of benzene rings is 1. The highest BCUT2D eigenvalue weighted by molar-refractivity contribution is 7.90. The molecule has 2 rings (SSSR count). The van der Waals surface area contributed by atoms with Crippen LogP contribution in [0.5, 0.6) is 5.75 Å². The molecular formula is C23H34N4O7S. The predicted molar refractivity (Wildman–Crippen MR) is 131 cm³/mol. The zero-order valence-electron chi connectivity index (χ0n) is 20.7. The van der Waals surface area contributed by atoms with E-state index in [1.807, 2.05) is 20.8 Å². The summed E-state index contributed by atoms with van der Waals surface area (Å²) in [4.78, 5) is 27.0. The molecule has 1 aliphatic heterocycles. The number of nitrogens with zero attached hydrogens (tertiary/aromatic N) is 1. The quantitative estimate of drug-likeness (QED) is 0.160. The Bertz CT molecular complexity index is 1140. The minimum absolute atomic E-state index is 0.0417. The number of carboxylic acids is 1. The number of nitrogens with two attached hydrogens (primary N) is 1. The number of hydrogen-bond acceptors (Lipinski definition) is 7. The lowest BCUT2D eigenvalue weighted by Crippen LogP contribution is -2.41. The van der Waals surface area contributed by atoms with Crippen molar-refractivity contribution in [3.8, 4) is 5.75 Å². The number of nitrogens with one attached hydrogen (secondary N) is 2. The third-order valence-corrected chi connectivity index (χ3v) is 7.28. The Hall–Kier alpha value is -3.28. The average molecular weight is 511 g/mol. The van der Waals surface area contributed by atoms with Crippen molar-refractivity contribution in [1.82, 2.24) is 10.0 Å². The van der Waals surface area contributed by atoms with Gasteiger partial charge in [0.2, 0.25) is 5.96 Å². The first-order chi connectivity index (χ1) is 16.2. The molecule has 0 aromatic heterocycles. The van der Waals surface area contributed by atoms with E-state index in [0.29, 0.717) is 17.5 Å². The maximum absolute atomic E-state index is 13.2. The molecule has 0 spiro atoms. The summed E-state index contributed by atoms with van der Waals surface area (Å²) >= 11 is 0. The molecule has 0 saturated carbocycles. The van der Waals surface area contributed by atoms with Gasteiger partial charge in [-0.05, 0) is 64.2 Å². The van der Waals surface area contributed by atoms with Crippen LogP contribution in [-0.4, -0.2) is 56.3 Å². The topological polar surface area (TPSA) is 169 Å². The van der Waals surface area contributed by atoms with Crippen molar-refractivity contribution in [3.63, 3.8) is 0 Å². The molecule has 0 fully saturated rings. The molecule has 0 aliphatic carbocycles. The van der Waals surface area contributed by atoms with E-state index in [1.165, 1.54) is 6.08 Å². The van der Waals surface area contributed by atoms with Crippen LogP contribution in [0.15, 0.2) is 22.5 Å². The molecule has 1 aromatic rings. The number of fused-ring (bicyclic) bond motifs is 1. The second-order valence-corrected chi connectivity index (χ2v) is 10.6. The van der Waals surface area contributed by atoms with Gasteiger partial charge in [0.25, 0.3) is 10.0 Å². The molecular weight excluding hydrogens is 476 g/mol. The van der Waals surface area contributed by atoms with E-state index in [0.717, 1.165) is 16.9 Å². The van der Waals surface area contributed by atoms with Crippen molar-refractivity contribution in [2.45, 2.75) is 70.4 Å². The van der Waals surface area contributed by atoms with E-state index >= 15 is 0 Å². The van der Waals surface area contributed by atoms with Gasteiger partial charge in [-0.25, -0.2) is 22.7 Å². The molecule has 1 aromatic carbocycles. The molecule has 1 heterocycles. The Labute approximate surface area is 205 Å². The van der Waals surface area contributed by atoms with Crippen LogP contribution in [0.1, 0.15) is 48.9 Å². The lowest BCUT2D eigenvalue weighted by molar-refractivity contribution is -0.139. The van der Waals surface area contributed by atoms with Crippen LogP contribution in [0.2, 0.25) is 0 Å². The van der Waals surface area contributed by atoms with Crippen LogP contribution >= 0.6 is 0 Å². The number of aliphatic imine (C=N–C) groups is 1. The lowest BCUT2D eigenvalue weighted by Gasteiger charge is -2.19. The first-order valence-corrected chi connectivity index (χ1v) is 12.6. The Morgan fingerprint density at radius 3 is 2.54 bits per heavy atom. The fourth-order valence-corrected chi connectivity index (χ4v) is 5.46. The van der Waals surface area contributed by atoms with Crippen LogP contribution in [0, 0.1) is 20.8 Å². The van der Waals surface area contributed by atoms with Crippen LogP contribution in [0.4, 0.5) is 4.79 Å². The van der Waals surface area contributed by atoms with Gasteiger partial charge in [-0.1, -0.05) is 12.7 Å². The highest BCUT2D eigenvalue weighted by Crippen LogP contribution is 2.43. The summed E-state index contributed by atoms with van der Waals surface area (Å²) in [7, 11) is -4.03.